The summed E-state index contributed by atoms with van der Waals surface area (Å²) >= 11 is 0. The first-order valence-corrected chi connectivity index (χ1v) is 10.2. The molecule has 4 heterocycles. The minimum Gasteiger partial charge on any atom is -0.480 e. The molecule has 1 fully saturated rings. The molecule has 1 aliphatic carbocycles. The van der Waals surface area contributed by atoms with Crippen molar-refractivity contribution >= 4 is 22.5 Å². The molecule has 1 saturated carbocycles. The number of H-pyrrole nitrogens is 1. The highest BCUT2D eigenvalue weighted by atomic mass is 19.3. The lowest BCUT2D eigenvalue weighted by Crippen LogP contribution is -2.31. The molecule has 0 amide bonds. The first kappa shape index (κ1) is 19.7. The van der Waals surface area contributed by atoms with Gasteiger partial charge in [-0.3, -0.25) is 0 Å². The van der Waals surface area contributed by atoms with Gasteiger partial charge >= 0.3 is 6.61 Å². The fourth-order valence-electron chi connectivity index (χ4n) is 4.20. The Kier molecular flexibility index (Phi) is 5.14. The monoisotopic (exact) mass is 428 g/mol. The quantitative estimate of drug-likeness (QED) is 0.477. The number of alkyl halides is 2. The maximum atomic E-state index is 12.4. The van der Waals surface area contributed by atoms with Gasteiger partial charge in [-0.15, -0.1) is 0 Å². The fraction of sp³-hybridized carbons (Fsp3) is 0.381. The van der Waals surface area contributed by atoms with E-state index in [-0.39, 0.29) is 6.04 Å². The molecule has 1 aliphatic rings. The van der Waals surface area contributed by atoms with Crippen molar-refractivity contribution in [2.45, 2.75) is 44.4 Å². The number of nitrogens with zero attached hydrogens (tertiary/aromatic N) is 4. The van der Waals surface area contributed by atoms with Crippen molar-refractivity contribution in [3.63, 3.8) is 0 Å². The Morgan fingerprint density at radius 3 is 2.81 bits per heavy atom. The number of halogens is 2. The standard InChI is InChI=1S/C21H22F2N6O2/c1-30-19-17-16(12-7-9-29-14(10-12)6-8-25-29)11-24-18(17)27-21(28-19)26-13-2-4-15(5-3-13)31-20(22)23/h6-11,13,15,20H,2-5H2,1H3,(H2,24,26,27,28)/t13-,15-. The second-order valence-corrected chi connectivity index (χ2v) is 7.61. The van der Waals surface area contributed by atoms with Crippen molar-refractivity contribution < 1.29 is 18.3 Å². The van der Waals surface area contributed by atoms with Gasteiger partial charge in [0.1, 0.15) is 5.65 Å². The van der Waals surface area contributed by atoms with Crippen molar-refractivity contribution in [3.05, 3.63) is 36.8 Å². The zero-order chi connectivity index (χ0) is 21.4. The van der Waals surface area contributed by atoms with Crippen LogP contribution in [0.3, 0.4) is 0 Å². The van der Waals surface area contributed by atoms with Crippen molar-refractivity contribution in [1.29, 1.82) is 0 Å². The molecule has 0 saturated heterocycles. The number of pyridine rings is 1. The van der Waals surface area contributed by atoms with Crippen molar-refractivity contribution in [2.75, 3.05) is 12.4 Å². The van der Waals surface area contributed by atoms with Crippen LogP contribution in [-0.2, 0) is 4.74 Å². The molecular formula is C21H22F2N6O2. The van der Waals surface area contributed by atoms with Gasteiger partial charge in [-0.2, -0.15) is 23.8 Å². The molecular weight excluding hydrogens is 406 g/mol. The van der Waals surface area contributed by atoms with Crippen LogP contribution in [0, 0.1) is 0 Å². The molecule has 0 unspecified atom stereocenters. The molecule has 0 spiro atoms. The summed E-state index contributed by atoms with van der Waals surface area (Å²) in [6, 6.07) is 6.06. The predicted molar refractivity (Wildman–Crippen MR) is 111 cm³/mol. The number of rotatable bonds is 6. The van der Waals surface area contributed by atoms with Gasteiger partial charge in [0.2, 0.25) is 11.8 Å². The second kappa shape index (κ2) is 8.10. The molecule has 4 aromatic heterocycles. The number of methoxy groups -OCH3 is 1. The van der Waals surface area contributed by atoms with E-state index in [0.717, 1.165) is 22.0 Å². The van der Waals surface area contributed by atoms with Gasteiger partial charge < -0.3 is 19.8 Å². The molecule has 0 aliphatic heterocycles. The van der Waals surface area contributed by atoms with Gasteiger partial charge in [-0.25, -0.2) is 4.52 Å². The predicted octanol–water partition coefficient (Wildman–Crippen LogP) is 4.24. The molecule has 0 radical (unpaired) electrons. The maximum Gasteiger partial charge on any atom is 0.345 e. The average molecular weight is 428 g/mol. The van der Waals surface area contributed by atoms with E-state index >= 15 is 0 Å². The maximum absolute atomic E-state index is 12.4. The summed E-state index contributed by atoms with van der Waals surface area (Å²) in [5, 5.41) is 8.34. The van der Waals surface area contributed by atoms with Crippen LogP contribution < -0.4 is 10.1 Å². The third-order valence-electron chi connectivity index (χ3n) is 5.71. The van der Waals surface area contributed by atoms with E-state index in [9.17, 15) is 8.78 Å². The van der Waals surface area contributed by atoms with Crippen LogP contribution >= 0.6 is 0 Å². The summed E-state index contributed by atoms with van der Waals surface area (Å²) in [6.07, 6.45) is 7.72. The second-order valence-electron chi connectivity index (χ2n) is 7.61. The third-order valence-corrected chi connectivity index (χ3v) is 5.71. The third kappa shape index (κ3) is 3.90. The smallest absolute Gasteiger partial charge is 0.345 e. The molecule has 2 N–H and O–H groups in total. The Morgan fingerprint density at radius 1 is 1.19 bits per heavy atom. The number of hydrogen-bond acceptors (Lipinski definition) is 6. The van der Waals surface area contributed by atoms with Crippen molar-refractivity contribution in [2.24, 2.45) is 0 Å². The minimum atomic E-state index is -2.72. The normalized spacial score (nSPS) is 19.4. The highest BCUT2D eigenvalue weighted by molar-refractivity contribution is 5.98. The van der Waals surface area contributed by atoms with Gasteiger partial charge in [0.05, 0.1) is 24.1 Å². The zero-order valence-electron chi connectivity index (χ0n) is 16.9. The number of nitrogens with one attached hydrogen (secondary N) is 2. The Bertz CT molecular complexity index is 1200. The summed E-state index contributed by atoms with van der Waals surface area (Å²) in [5.74, 6) is 0.911. The first-order chi connectivity index (χ1) is 15.1. The summed E-state index contributed by atoms with van der Waals surface area (Å²) < 4.78 is 36.8. The molecule has 8 nitrogen and oxygen atoms in total. The van der Waals surface area contributed by atoms with Crippen LogP contribution in [0.4, 0.5) is 14.7 Å². The first-order valence-electron chi connectivity index (χ1n) is 10.2. The van der Waals surface area contributed by atoms with Crippen molar-refractivity contribution in [3.8, 4) is 17.0 Å². The highest BCUT2D eigenvalue weighted by Crippen LogP contribution is 2.35. The lowest BCUT2D eigenvalue weighted by atomic mass is 9.93. The van der Waals surface area contributed by atoms with E-state index in [1.807, 2.05) is 30.6 Å². The van der Waals surface area contributed by atoms with E-state index in [2.05, 4.69) is 30.1 Å². The fourth-order valence-corrected chi connectivity index (χ4v) is 4.20. The van der Waals surface area contributed by atoms with E-state index in [1.165, 1.54) is 0 Å². The molecule has 0 atom stereocenters. The van der Waals surface area contributed by atoms with Crippen molar-refractivity contribution in [1.82, 2.24) is 24.6 Å². The van der Waals surface area contributed by atoms with Gasteiger partial charge in [0.25, 0.3) is 0 Å². The largest absolute Gasteiger partial charge is 0.480 e. The lowest BCUT2D eigenvalue weighted by molar-refractivity contribution is -0.169. The Hall–Kier alpha value is -3.27. The van der Waals surface area contributed by atoms with Crippen LogP contribution in [0.2, 0.25) is 0 Å². The van der Waals surface area contributed by atoms with Crippen LogP contribution in [0.15, 0.2) is 36.8 Å². The number of fused-ring (bicyclic) bond motifs is 2. The van der Waals surface area contributed by atoms with E-state index < -0.39 is 12.7 Å². The minimum absolute atomic E-state index is 0.0957. The van der Waals surface area contributed by atoms with Gasteiger partial charge in [-0.05, 0) is 49.4 Å². The molecule has 5 rings (SSSR count). The Labute approximate surface area is 176 Å². The number of hydrogen-bond donors (Lipinski definition) is 2. The highest BCUT2D eigenvalue weighted by Gasteiger charge is 2.25. The number of anilines is 1. The molecule has 31 heavy (non-hydrogen) atoms. The zero-order valence-corrected chi connectivity index (χ0v) is 16.9. The number of aromatic nitrogens is 5. The summed E-state index contributed by atoms with van der Waals surface area (Å²) in [5.41, 5.74) is 3.58. The molecule has 10 heteroatoms. The van der Waals surface area contributed by atoms with Crippen LogP contribution in [0.5, 0.6) is 5.88 Å². The van der Waals surface area contributed by atoms with E-state index in [0.29, 0.717) is 43.2 Å². The Morgan fingerprint density at radius 2 is 2.03 bits per heavy atom. The van der Waals surface area contributed by atoms with Gasteiger partial charge in [-0.1, -0.05) is 0 Å². The molecule has 0 aromatic carbocycles. The summed E-state index contributed by atoms with van der Waals surface area (Å²) in [7, 11) is 1.58. The SMILES string of the molecule is COc1nc(N[C@H]2CC[C@H](OC(F)F)CC2)nc2[nH]cc(-c3ccn4nccc4c3)c12. The van der Waals surface area contributed by atoms with E-state index in [1.54, 1.807) is 17.8 Å². The van der Waals surface area contributed by atoms with Crippen LogP contribution in [0.25, 0.3) is 27.7 Å². The molecule has 162 valence electrons. The topological polar surface area (TPSA) is 89.4 Å². The van der Waals surface area contributed by atoms with Gasteiger partial charge in [0.15, 0.2) is 0 Å². The summed E-state index contributed by atoms with van der Waals surface area (Å²) in [4.78, 5) is 12.4. The number of ether oxygens (including phenoxy) is 2. The Balaban J connectivity index is 1.39. The lowest BCUT2D eigenvalue weighted by Gasteiger charge is -2.28. The van der Waals surface area contributed by atoms with E-state index in [4.69, 9.17) is 4.74 Å². The molecule has 0 bridgehead atoms. The molecule has 4 aromatic rings. The average Bonchev–Trinajstić information content (AvgIpc) is 3.40. The summed E-state index contributed by atoms with van der Waals surface area (Å²) in [6.45, 7) is -2.72. The van der Waals surface area contributed by atoms with Gasteiger partial charge in [0, 0.05) is 30.2 Å². The van der Waals surface area contributed by atoms with Crippen LogP contribution in [-0.4, -0.2) is 50.4 Å². The van der Waals surface area contributed by atoms with Crippen LogP contribution in [0.1, 0.15) is 25.7 Å². The number of aromatic amines is 1.